The van der Waals surface area contributed by atoms with Gasteiger partial charge >= 0.3 is 0 Å². The number of hydrogen-bond donors (Lipinski definition) is 0. The van der Waals surface area contributed by atoms with E-state index in [4.69, 9.17) is 0 Å². The molecule has 1 unspecified atom stereocenters. The molecule has 0 bridgehead atoms. The Bertz CT molecular complexity index is 506. The van der Waals surface area contributed by atoms with Gasteiger partial charge in [-0.05, 0) is 12.1 Å². The van der Waals surface area contributed by atoms with Crippen LogP contribution in [0.25, 0.3) is 0 Å². The first kappa shape index (κ1) is 13.4. The number of benzene rings is 1. The van der Waals surface area contributed by atoms with Crippen LogP contribution in [0.1, 0.15) is 19.4 Å². The van der Waals surface area contributed by atoms with E-state index in [2.05, 4.69) is 25.0 Å². The smallest absolute Gasteiger partial charge is 0.258 e. The van der Waals surface area contributed by atoms with Crippen LogP contribution in [0.5, 0.6) is 0 Å². The van der Waals surface area contributed by atoms with Gasteiger partial charge in [0.1, 0.15) is 12.7 Å². The number of aliphatic imine (C=N–C) groups is 1. The Labute approximate surface area is 112 Å². The number of nitrogens with zero attached hydrogens (tertiary/aromatic N) is 3. The van der Waals surface area contributed by atoms with Gasteiger partial charge < -0.3 is 0 Å². The maximum atomic E-state index is 10.6. The fourth-order valence-corrected chi connectivity index (χ4v) is 2.39. The molecule has 2 rings (SSSR count). The third kappa shape index (κ3) is 3.26. The van der Waals surface area contributed by atoms with E-state index in [1.807, 2.05) is 24.7 Å². The molecular weight excluding hydrogens is 242 g/mol. The predicted octanol–water partition coefficient (Wildman–Crippen LogP) is 3.08. The van der Waals surface area contributed by atoms with Crippen molar-refractivity contribution >= 4 is 12.0 Å². The molecule has 0 spiro atoms. The van der Waals surface area contributed by atoms with Gasteiger partial charge in [-0.1, -0.05) is 13.8 Å². The third-order valence-electron chi connectivity index (χ3n) is 3.08. The monoisotopic (exact) mass is 260 g/mol. The largest absolute Gasteiger partial charge is 0.269 e. The quantitative estimate of drug-likeness (QED) is 0.464. The van der Waals surface area contributed by atoms with E-state index in [0.29, 0.717) is 10.4 Å². The number of non-ortho nitro benzene ring substituents is 1. The van der Waals surface area contributed by atoms with E-state index in [0.717, 1.165) is 18.7 Å². The highest BCUT2D eigenvalue weighted by Crippen LogP contribution is 2.21. The molecule has 0 saturated carbocycles. The number of hydrogen-bond acceptors (Lipinski definition) is 3. The number of rotatable bonds is 5. The first-order chi connectivity index (χ1) is 9.01. The Kier molecular flexibility index (Phi) is 3.76. The van der Waals surface area contributed by atoms with Crippen molar-refractivity contribution in [2.45, 2.75) is 20.4 Å². The molecule has 1 atom stereocenters. The molecule has 1 aliphatic heterocycles. The average Bonchev–Trinajstić information content (AvgIpc) is 2.77. The van der Waals surface area contributed by atoms with Crippen molar-refractivity contribution in [2.75, 3.05) is 6.54 Å². The summed E-state index contributed by atoms with van der Waals surface area (Å²) < 4.78 is 0.676. The van der Waals surface area contributed by atoms with Gasteiger partial charge in [-0.25, -0.2) is 9.48 Å². The van der Waals surface area contributed by atoms with Gasteiger partial charge in [0.2, 0.25) is 0 Å². The first-order valence-electron chi connectivity index (χ1n) is 6.33. The van der Waals surface area contributed by atoms with Crippen molar-refractivity contribution in [3.8, 4) is 0 Å². The van der Waals surface area contributed by atoms with Gasteiger partial charge in [0, 0.05) is 23.6 Å². The Morgan fingerprint density at radius 3 is 2.47 bits per heavy atom. The normalized spacial score (nSPS) is 21.2. The molecule has 100 valence electrons. The van der Waals surface area contributed by atoms with E-state index in [-0.39, 0.29) is 10.6 Å². The molecule has 1 heterocycles. The molecule has 19 heavy (non-hydrogen) atoms. The predicted molar refractivity (Wildman–Crippen MR) is 74.4 cm³/mol. The molecule has 1 aliphatic rings. The molecule has 0 amide bonds. The molecule has 0 fully saturated rings. The minimum absolute atomic E-state index is 0.129. The lowest BCUT2D eigenvalue weighted by atomic mass is 10.1. The molecule has 5 heteroatoms. The van der Waals surface area contributed by atoms with Crippen LogP contribution in [0.2, 0.25) is 0 Å². The zero-order valence-electron chi connectivity index (χ0n) is 11.2. The Morgan fingerprint density at radius 1 is 1.32 bits per heavy atom. The second-order valence-corrected chi connectivity index (χ2v) is 5.32. The summed E-state index contributed by atoms with van der Waals surface area (Å²) in [7, 11) is 0. The highest BCUT2D eigenvalue weighted by Gasteiger charge is 2.27. The summed E-state index contributed by atoms with van der Waals surface area (Å²) in [5.41, 5.74) is 1.20. The van der Waals surface area contributed by atoms with Gasteiger partial charge in [0.25, 0.3) is 5.69 Å². The summed E-state index contributed by atoms with van der Waals surface area (Å²) in [6.07, 6.45) is 5.82. The van der Waals surface area contributed by atoms with E-state index in [1.54, 1.807) is 12.1 Å². The van der Waals surface area contributed by atoms with Crippen molar-refractivity contribution in [3.63, 3.8) is 0 Å². The third-order valence-corrected chi connectivity index (χ3v) is 3.08. The van der Waals surface area contributed by atoms with Crippen molar-refractivity contribution in [2.24, 2.45) is 10.9 Å². The van der Waals surface area contributed by atoms with E-state index >= 15 is 0 Å². The fraction of sp³-hybridized carbons (Fsp3) is 0.357. The van der Waals surface area contributed by atoms with Gasteiger partial charge in [0.15, 0.2) is 6.34 Å². The molecule has 0 saturated heterocycles. The van der Waals surface area contributed by atoms with E-state index in [9.17, 15) is 10.1 Å². The first-order valence-corrected chi connectivity index (χ1v) is 6.33. The molecule has 0 radical (unpaired) electrons. The van der Waals surface area contributed by atoms with Crippen LogP contribution in [-0.4, -0.2) is 22.3 Å². The highest BCUT2D eigenvalue weighted by molar-refractivity contribution is 5.51. The van der Waals surface area contributed by atoms with Gasteiger partial charge in [0.05, 0.1) is 17.7 Å². The molecule has 0 aliphatic carbocycles. The second kappa shape index (κ2) is 5.32. The Balaban J connectivity index is 2.16. The molecular formula is C14H18N3O2+. The summed E-state index contributed by atoms with van der Waals surface area (Å²) >= 11 is 0. The van der Waals surface area contributed by atoms with Crippen LogP contribution in [-0.2, 0) is 6.54 Å². The molecule has 0 aromatic heterocycles. The summed E-state index contributed by atoms with van der Waals surface area (Å²) in [4.78, 5) is 14.4. The lowest BCUT2D eigenvalue weighted by Crippen LogP contribution is -2.41. The highest BCUT2D eigenvalue weighted by atomic mass is 16.6. The minimum atomic E-state index is -0.376. The zero-order chi connectivity index (χ0) is 13.9. The second-order valence-electron chi connectivity index (χ2n) is 5.32. The summed E-state index contributed by atoms with van der Waals surface area (Å²) in [6, 6.07) is 6.74. The van der Waals surface area contributed by atoms with Crippen molar-refractivity contribution in [3.05, 3.63) is 52.3 Å². The SMILES string of the molecule is CC(C)C[N+]1(Cc2ccc([N+](=O)[O-])cc2)C=CN=C1. The van der Waals surface area contributed by atoms with Crippen molar-refractivity contribution in [1.82, 2.24) is 0 Å². The number of quaternary nitrogens is 1. The van der Waals surface area contributed by atoms with Crippen LogP contribution in [0, 0.1) is 16.0 Å². The number of nitro groups is 1. The molecule has 1 aromatic rings. The minimum Gasteiger partial charge on any atom is -0.258 e. The molecule has 0 N–H and O–H groups in total. The lowest BCUT2D eigenvalue weighted by Gasteiger charge is -2.29. The van der Waals surface area contributed by atoms with Crippen molar-refractivity contribution in [1.29, 1.82) is 0 Å². The Hall–Kier alpha value is -2.01. The van der Waals surface area contributed by atoms with Crippen LogP contribution >= 0.6 is 0 Å². The average molecular weight is 260 g/mol. The maximum Gasteiger partial charge on any atom is 0.269 e. The fourth-order valence-electron chi connectivity index (χ4n) is 2.39. The topological polar surface area (TPSA) is 55.5 Å². The van der Waals surface area contributed by atoms with Crippen LogP contribution in [0.15, 0.2) is 41.7 Å². The van der Waals surface area contributed by atoms with Crippen LogP contribution < -0.4 is 0 Å². The summed E-state index contributed by atoms with van der Waals surface area (Å²) in [5.74, 6) is 0.548. The van der Waals surface area contributed by atoms with Gasteiger partial charge in [-0.3, -0.25) is 10.1 Å². The lowest BCUT2D eigenvalue weighted by molar-refractivity contribution is -0.797. The van der Waals surface area contributed by atoms with E-state index in [1.165, 1.54) is 0 Å². The zero-order valence-corrected chi connectivity index (χ0v) is 11.2. The van der Waals surface area contributed by atoms with Gasteiger partial charge in [-0.2, -0.15) is 0 Å². The number of nitro benzene ring substituents is 1. The van der Waals surface area contributed by atoms with E-state index < -0.39 is 0 Å². The molecule has 1 aromatic carbocycles. The van der Waals surface area contributed by atoms with Gasteiger partial charge in [-0.15, -0.1) is 0 Å². The summed E-state index contributed by atoms with van der Waals surface area (Å²) in [6.45, 7) is 6.10. The maximum absolute atomic E-state index is 10.6. The Morgan fingerprint density at radius 2 is 2.00 bits per heavy atom. The molecule has 5 nitrogen and oxygen atoms in total. The van der Waals surface area contributed by atoms with Crippen LogP contribution in [0.4, 0.5) is 5.69 Å². The summed E-state index contributed by atoms with van der Waals surface area (Å²) in [5, 5.41) is 10.6. The standard InChI is InChI=1S/C14H18N3O2/c1-12(2)9-17(8-7-15-11-17)10-13-3-5-14(6-4-13)16(18)19/h3-8,11-12H,9-10H2,1-2H3/q+1. The van der Waals surface area contributed by atoms with Crippen molar-refractivity contribution < 1.29 is 9.41 Å². The van der Waals surface area contributed by atoms with Crippen LogP contribution in [0.3, 0.4) is 0 Å².